The van der Waals surface area contributed by atoms with Gasteiger partial charge in [0.15, 0.2) is 16.5 Å². The van der Waals surface area contributed by atoms with E-state index in [0.717, 1.165) is 11.3 Å². The van der Waals surface area contributed by atoms with Crippen LogP contribution in [0.25, 0.3) is 10.8 Å². The summed E-state index contributed by atoms with van der Waals surface area (Å²) < 4.78 is 5.30. The molecule has 0 saturated carbocycles. The molecule has 1 aromatic carbocycles. The van der Waals surface area contributed by atoms with Gasteiger partial charge >= 0.3 is 5.97 Å². The Labute approximate surface area is 186 Å². The van der Waals surface area contributed by atoms with Crippen molar-refractivity contribution < 1.29 is 14.3 Å². The molecular formula is C21H17N5O3S2. The standard InChI is InChI=1S/C21H17N5O3S2/c1-13-3-5-14(6-4-13)24-17(27)9-18-25-15(11-30-18)10-29-21(28)16-12-31-20(26-16)19-22-7-2-8-23-19/h2-8,11-12H,9-10H2,1H3,(H,24,27). The number of thiazole rings is 2. The highest BCUT2D eigenvalue weighted by atomic mass is 32.1. The third-order valence-electron chi connectivity index (χ3n) is 4.07. The zero-order chi connectivity index (χ0) is 21.6. The van der Waals surface area contributed by atoms with Crippen molar-refractivity contribution in [3.8, 4) is 10.8 Å². The average molecular weight is 452 g/mol. The number of amides is 1. The highest BCUT2D eigenvalue weighted by Crippen LogP contribution is 2.20. The fraction of sp³-hybridized carbons (Fsp3) is 0.143. The van der Waals surface area contributed by atoms with Crippen LogP contribution in [0.1, 0.15) is 26.8 Å². The fourth-order valence-electron chi connectivity index (χ4n) is 2.57. The molecule has 0 saturated heterocycles. The van der Waals surface area contributed by atoms with E-state index in [4.69, 9.17) is 4.74 Å². The van der Waals surface area contributed by atoms with Gasteiger partial charge in [-0.2, -0.15) is 0 Å². The smallest absolute Gasteiger partial charge is 0.358 e. The number of nitrogens with one attached hydrogen (secondary N) is 1. The van der Waals surface area contributed by atoms with Gasteiger partial charge < -0.3 is 10.1 Å². The lowest BCUT2D eigenvalue weighted by molar-refractivity contribution is -0.115. The maximum atomic E-state index is 12.3. The van der Waals surface area contributed by atoms with Crippen molar-refractivity contribution >= 4 is 40.2 Å². The van der Waals surface area contributed by atoms with Gasteiger partial charge in [-0.3, -0.25) is 4.79 Å². The average Bonchev–Trinajstić information content (AvgIpc) is 3.44. The minimum absolute atomic E-state index is 0.00358. The van der Waals surface area contributed by atoms with Crippen LogP contribution in [-0.4, -0.2) is 31.8 Å². The second-order valence-corrected chi connectivity index (χ2v) is 8.31. The highest BCUT2D eigenvalue weighted by Gasteiger charge is 2.16. The molecule has 0 atom stereocenters. The van der Waals surface area contributed by atoms with Crippen molar-refractivity contribution in [2.45, 2.75) is 20.0 Å². The Hall–Kier alpha value is -3.50. The number of hydrogen-bond acceptors (Lipinski definition) is 9. The molecule has 1 N–H and O–H groups in total. The van der Waals surface area contributed by atoms with E-state index in [-0.39, 0.29) is 24.6 Å². The summed E-state index contributed by atoms with van der Waals surface area (Å²) in [5.41, 5.74) is 2.64. The van der Waals surface area contributed by atoms with E-state index in [1.54, 1.807) is 29.2 Å². The largest absolute Gasteiger partial charge is 0.454 e. The minimum atomic E-state index is -0.551. The Balaban J connectivity index is 1.29. The van der Waals surface area contributed by atoms with Crippen LogP contribution < -0.4 is 5.32 Å². The molecule has 0 bridgehead atoms. The molecule has 3 heterocycles. The first kappa shape index (κ1) is 20.8. The highest BCUT2D eigenvalue weighted by molar-refractivity contribution is 7.13. The third-order valence-corrected chi connectivity index (χ3v) is 5.80. The molecule has 0 aliphatic heterocycles. The zero-order valence-corrected chi connectivity index (χ0v) is 18.1. The van der Waals surface area contributed by atoms with Crippen LogP contribution in [0.2, 0.25) is 0 Å². The van der Waals surface area contributed by atoms with Gasteiger partial charge in [0.25, 0.3) is 0 Å². The van der Waals surface area contributed by atoms with Gasteiger partial charge in [-0.25, -0.2) is 24.7 Å². The number of hydrogen-bond donors (Lipinski definition) is 1. The number of carbonyl (C=O) groups is 2. The van der Waals surface area contributed by atoms with Gasteiger partial charge in [0.05, 0.1) is 12.1 Å². The van der Waals surface area contributed by atoms with E-state index in [1.165, 1.54) is 22.7 Å². The van der Waals surface area contributed by atoms with Gasteiger partial charge in [-0.15, -0.1) is 22.7 Å². The quantitative estimate of drug-likeness (QED) is 0.425. The van der Waals surface area contributed by atoms with E-state index < -0.39 is 5.97 Å². The molecule has 0 unspecified atom stereocenters. The Morgan fingerprint density at radius 1 is 1.03 bits per heavy atom. The Morgan fingerprint density at radius 2 is 1.81 bits per heavy atom. The van der Waals surface area contributed by atoms with E-state index in [2.05, 4.69) is 25.3 Å². The SMILES string of the molecule is Cc1ccc(NC(=O)Cc2nc(COC(=O)c3csc(-c4ncccn4)n3)cs2)cc1. The molecule has 0 radical (unpaired) electrons. The van der Waals surface area contributed by atoms with E-state index >= 15 is 0 Å². The summed E-state index contributed by atoms with van der Waals surface area (Å²) in [7, 11) is 0. The molecule has 31 heavy (non-hydrogen) atoms. The molecule has 0 spiro atoms. The second-order valence-electron chi connectivity index (χ2n) is 6.51. The summed E-state index contributed by atoms with van der Waals surface area (Å²) in [6.45, 7) is 1.99. The van der Waals surface area contributed by atoms with Gasteiger partial charge in [-0.1, -0.05) is 17.7 Å². The molecule has 3 aromatic heterocycles. The van der Waals surface area contributed by atoms with Crippen molar-refractivity contribution in [2.75, 3.05) is 5.32 Å². The number of aromatic nitrogens is 4. The van der Waals surface area contributed by atoms with E-state index in [9.17, 15) is 9.59 Å². The number of carbonyl (C=O) groups excluding carboxylic acids is 2. The number of anilines is 1. The summed E-state index contributed by atoms with van der Waals surface area (Å²) in [6, 6.07) is 9.29. The Morgan fingerprint density at radius 3 is 2.58 bits per heavy atom. The lowest BCUT2D eigenvalue weighted by atomic mass is 10.2. The summed E-state index contributed by atoms with van der Waals surface area (Å²) >= 11 is 2.62. The number of nitrogens with zero attached hydrogens (tertiary/aromatic N) is 4. The first-order valence-electron chi connectivity index (χ1n) is 9.26. The first-order valence-corrected chi connectivity index (χ1v) is 11.0. The number of benzene rings is 1. The van der Waals surface area contributed by atoms with Crippen molar-refractivity contribution in [1.29, 1.82) is 0 Å². The minimum Gasteiger partial charge on any atom is -0.454 e. The van der Waals surface area contributed by atoms with Crippen LogP contribution in [0.3, 0.4) is 0 Å². The van der Waals surface area contributed by atoms with Crippen LogP contribution in [0, 0.1) is 6.92 Å². The van der Waals surface area contributed by atoms with E-state index in [0.29, 0.717) is 21.5 Å². The number of esters is 1. The first-order chi connectivity index (χ1) is 15.1. The normalized spacial score (nSPS) is 10.6. The molecule has 10 heteroatoms. The Kier molecular flexibility index (Phi) is 6.39. The van der Waals surface area contributed by atoms with Crippen LogP contribution in [0.4, 0.5) is 5.69 Å². The predicted octanol–water partition coefficient (Wildman–Crippen LogP) is 3.90. The van der Waals surface area contributed by atoms with E-state index in [1.807, 2.05) is 31.2 Å². The molecule has 156 valence electrons. The zero-order valence-electron chi connectivity index (χ0n) is 16.4. The summed E-state index contributed by atoms with van der Waals surface area (Å²) in [6.07, 6.45) is 3.38. The van der Waals surface area contributed by atoms with Crippen LogP contribution in [-0.2, 0) is 22.6 Å². The van der Waals surface area contributed by atoms with Crippen LogP contribution in [0.5, 0.6) is 0 Å². The van der Waals surface area contributed by atoms with Crippen molar-refractivity contribution in [2.24, 2.45) is 0 Å². The number of ether oxygens (including phenoxy) is 1. The summed E-state index contributed by atoms with van der Waals surface area (Å²) in [5.74, 6) is -0.246. The van der Waals surface area contributed by atoms with Crippen molar-refractivity contribution in [3.63, 3.8) is 0 Å². The predicted molar refractivity (Wildman–Crippen MR) is 118 cm³/mol. The molecule has 1 amide bonds. The second kappa shape index (κ2) is 9.54. The lowest BCUT2D eigenvalue weighted by Gasteiger charge is -2.04. The molecule has 0 aliphatic rings. The van der Waals surface area contributed by atoms with Gasteiger partial charge in [0.2, 0.25) is 5.91 Å². The van der Waals surface area contributed by atoms with Crippen molar-refractivity contribution in [1.82, 2.24) is 19.9 Å². The molecular weight excluding hydrogens is 434 g/mol. The molecule has 4 rings (SSSR count). The summed E-state index contributed by atoms with van der Waals surface area (Å²) in [4.78, 5) is 41.3. The maximum Gasteiger partial charge on any atom is 0.358 e. The van der Waals surface area contributed by atoms with Gasteiger partial charge in [0.1, 0.15) is 11.6 Å². The fourth-order valence-corrected chi connectivity index (χ4v) is 4.08. The lowest BCUT2D eigenvalue weighted by Crippen LogP contribution is -2.14. The molecule has 0 fully saturated rings. The molecule has 8 nitrogen and oxygen atoms in total. The van der Waals surface area contributed by atoms with Crippen LogP contribution in [0.15, 0.2) is 53.5 Å². The summed E-state index contributed by atoms with van der Waals surface area (Å²) in [5, 5.41) is 7.41. The number of rotatable bonds is 7. The molecule has 4 aromatic rings. The van der Waals surface area contributed by atoms with Crippen molar-refractivity contribution in [3.05, 3.63) is 75.4 Å². The molecule has 0 aliphatic carbocycles. The number of aryl methyl sites for hydroxylation is 1. The monoisotopic (exact) mass is 451 g/mol. The van der Waals surface area contributed by atoms with Gasteiger partial charge in [0, 0.05) is 28.8 Å². The van der Waals surface area contributed by atoms with Crippen LogP contribution >= 0.6 is 22.7 Å². The third kappa shape index (κ3) is 5.56. The Bertz CT molecular complexity index is 1190. The topological polar surface area (TPSA) is 107 Å². The maximum absolute atomic E-state index is 12.3. The van der Waals surface area contributed by atoms with Gasteiger partial charge in [-0.05, 0) is 25.1 Å².